The van der Waals surface area contributed by atoms with Crippen molar-refractivity contribution in [3.05, 3.63) is 71.3 Å². The summed E-state index contributed by atoms with van der Waals surface area (Å²) < 4.78 is 6.85. The first-order chi connectivity index (χ1) is 14.7. The van der Waals surface area contributed by atoms with E-state index in [0.717, 1.165) is 28.3 Å². The predicted octanol–water partition coefficient (Wildman–Crippen LogP) is 3.67. The standard InChI is InChI=1S/C22H24N4O3S/c1-2-17(15-7-4-3-5-8-15)22(28)24-21-18-13-30-14-19(18)25-26(21)12-20(27)23-11-16-9-6-10-29-16/h3-10,17H,2,11-14H2,1H3,(H,23,27)(H,24,28). The van der Waals surface area contributed by atoms with Gasteiger partial charge in [0, 0.05) is 17.1 Å². The number of fused-ring (bicyclic) bond motifs is 1. The van der Waals surface area contributed by atoms with Gasteiger partial charge in [-0.2, -0.15) is 16.9 Å². The minimum absolute atomic E-state index is 0.0378. The molecular weight excluding hydrogens is 400 g/mol. The van der Waals surface area contributed by atoms with Crippen LogP contribution >= 0.6 is 11.8 Å². The van der Waals surface area contributed by atoms with Crippen LogP contribution in [-0.2, 0) is 34.2 Å². The minimum atomic E-state index is -0.257. The molecular formula is C22H24N4O3S. The zero-order chi connectivity index (χ0) is 20.9. The van der Waals surface area contributed by atoms with Gasteiger partial charge in [0.05, 0.1) is 24.4 Å². The van der Waals surface area contributed by atoms with Gasteiger partial charge in [0.2, 0.25) is 11.8 Å². The average Bonchev–Trinajstić information content (AvgIpc) is 3.48. The highest BCUT2D eigenvalue weighted by molar-refractivity contribution is 7.98. The molecule has 2 N–H and O–H groups in total. The van der Waals surface area contributed by atoms with E-state index in [1.807, 2.05) is 37.3 Å². The van der Waals surface area contributed by atoms with Crippen molar-refractivity contribution in [2.24, 2.45) is 0 Å². The van der Waals surface area contributed by atoms with Gasteiger partial charge in [-0.1, -0.05) is 37.3 Å². The van der Waals surface area contributed by atoms with Crippen molar-refractivity contribution in [1.29, 1.82) is 0 Å². The fraction of sp³-hybridized carbons (Fsp3) is 0.318. The molecule has 0 bridgehead atoms. The minimum Gasteiger partial charge on any atom is -0.467 e. The molecule has 3 heterocycles. The van der Waals surface area contributed by atoms with Gasteiger partial charge >= 0.3 is 0 Å². The number of hydrogen-bond donors (Lipinski definition) is 2. The summed E-state index contributed by atoms with van der Waals surface area (Å²) in [6.07, 6.45) is 2.26. The normalized spacial score (nSPS) is 13.6. The maximum atomic E-state index is 13.1. The van der Waals surface area contributed by atoms with Crippen LogP contribution < -0.4 is 10.6 Å². The van der Waals surface area contributed by atoms with Gasteiger partial charge in [0.1, 0.15) is 18.1 Å². The van der Waals surface area contributed by atoms with E-state index in [1.54, 1.807) is 34.8 Å². The van der Waals surface area contributed by atoms with Crippen LogP contribution in [0.3, 0.4) is 0 Å². The average molecular weight is 425 g/mol. The number of anilines is 1. The van der Waals surface area contributed by atoms with E-state index in [-0.39, 0.29) is 24.3 Å². The molecule has 7 nitrogen and oxygen atoms in total. The third-order valence-corrected chi connectivity index (χ3v) is 6.09. The van der Waals surface area contributed by atoms with Gasteiger partial charge < -0.3 is 15.1 Å². The number of carbonyl (C=O) groups is 2. The molecule has 4 rings (SSSR count). The summed E-state index contributed by atoms with van der Waals surface area (Å²) >= 11 is 1.76. The maximum Gasteiger partial charge on any atom is 0.242 e. The first-order valence-electron chi connectivity index (χ1n) is 9.97. The number of aromatic nitrogens is 2. The first kappa shape index (κ1) is 20.3. The molecule has 0 saturated heterocycles. The Balaban J connectivity index is 1.49. The number of benzene rings is 1. The van der Waals surface area contributed by atoms with E-state index in [1.165, 1.54) is 0 Å². The SMILES string of the molecule is CCC(C(=O)Nc1c2c(nn1CC(=O)NCc1ccco1)CSC2)c1ccccc1. The highest BCUT2D eigenvalue weighted by Gasteiger charge is 2.27. The number of carbonyl (C=O) groups excluding carboxylic acids is 2. The molecule has 30 heavy (non-hydrogen) atoms. The molecule has 1 aromatic carbocycles. The molecule has 1 atom stereocenters. The van der Waals surface area contributed by atoms with Crippen molar-refractivity contribution in [2.75, 3.05) is 5.32 Å². The zero-order valence-corrected chi connectivity index (χ0v) is 17.6. The first-order valence-corrected chi connectivity index (χ1v) is 11.1. The molecule has 1 aliphatic rings. The number of thioether (sulfide) groups is 1. The van der Waals surface area contributed by atoms with Crippen LogP contribution in [0.2, 0.25) is 0 Å². The molecule has 1 unspecified atom stereocenters. The lowest BCUT2D eigenvalue weighted by Crippen LogP contribution is -2.29. The second kappa shape index (κ2) is 9.21. The quantitative estimate of drug-likeness (QED) is 0.576. The smallest absolute Gasteiger partial charge is 0.242 e. The number of rotatable bonds is 8. The number of nitrogens with one attached hydrogen (secondary N) is 2. The second-order valence-electron chi connectivity index (χ2n) is 7.14. The molecule has 156 valence electrons. The van der Waals surface area contributed by atoms with Crippen molar-refractivity contribution in [3.8, 4) is 0 Å². The fourth-order valence-electron chi connectivity index (χ4n) is 3.57. The predicted molar refractivity (Wildman–Crippen MR) is 116 cm³/mol. The van der Waals surface area contributed by atoms with E-state index in [0.29, 0.717) is 24.5 Å². The van der Waals surface area contributed by atoms with Crippen molar-refractivity contribution in [3.63, 3.8) is 0 Å². The van der Waals surface area contributed by atoms with Crippen LogP contribution in [0.5, 0.6) is 0 Å². The molecule has 0 saturated carbocycles. The van der Waals surface area contributed by atoms with Crippen molar-refractivity contribution in [2.45, 2.75) is 43.9 Å². The van der Waals surface area contributed by atoms with Gasteiger partial charge in [0.25, 0.3) is 0 Å². The molecule has 0 spiro atoms. The zero-order valence-electron chi connectivity index (χ0n) is 16.8. The van der Waals surface area contributed by atoms with Gasteiger partial charge in [0.15, 0.2) is 0 Å². The molecule has 1 aliphatic heterocycles. The van der Waals surface area contributed by atoms with Crippen molar-refractivity contribution in [1.82, 2.24) is 15.1 Å². The summed E-state index contributed by atoms with van der Waals surface area (Å²) in [7, 11) is 0. The summed E-state index contributed by atoms with van der Waals surface area (Å²) in [4.78, 5) is 25.5. The lowest BCUT2D eigenvalue weighted by atomic mass is 9.95. The van der Waals surface area contributed by atoms with Gasteiger partial charge in [-0.05, 0) is 24.1 Å². The van der Waals surface area contributed by atoms with Gasteiger partial charge in [-0.15, -0.1) is 0 Å². The van der Waals surface area contributed by atoms with E-state index in [2.05, 4.69) is 15.7 Å². The van der Waals surface area contributed by atoms with E-state index in [9.17, 15) is 9.59 Å². The Bertz CT molecular complexity index is 1010. The molecule has 0 radical (unpaired) electrons. The number of hydrogen-bond acceptors (Lipinski definition) is 5. The summed E-state index contributed by atoms with van der Waals surface area (Å²) in [6.45, 7) is 2.35. The topological polar surface area (TPSA) is 89.2 Å². The van der Waals surface area contributed by atoms with Crippen LogP contribution in [0.1, 0.15) is 41.8 Å². The van der Waals surface area contributed by atoms with E-state index >= 15 is 0 Å². The Morgan fingerprint density at radius 2 is 2.03 bits per heavy atom. The highest BCUT2D eigenvalue weighted by atomic mass is 32.2. The van der Waals surface area contributed by atoms with E-state index in [4.69, 9.17) is 4.42 Å². The summed E-state index contributed by atoms with van der Waals surface area (Å²) in [5.74, 6) is 2.35. The maximum absolute atomic E-state index is 13.1. The molecule has 0 fully saturated rings. The third-order valence-electron chi connectivity index (χ3n) is 5.12. The van der Waals surface area contributed by atoms with Crippen LogP contribution in [0.4, 0.5) is 5.82 Å². The molecule has 8 heteroatoms. The Morgan fingerprint density at radius 3 is 2.77 bits per heavy atom. The van der Waals surface area contributed by atoms with Gasteiger partial charge in [-0.3, -0.25) is 9.59 Å². The van der Waals surface area contributed by atoms with Gasteiger partial charge in [-0.25, -0.2) is 4.68 Å². The lowest BCUT2D eigenvalue weighted by molar-refractivity contribution is -0.122. The third kappa shape index (κ3) is 4.43. The fourth-order valence-corrected chi connectivity index (χ4v) is 4.61. The van der Waals surface area contributed by atoms with Crippen LogP contribution in [0.25, 0.3) is 0 Å². The summed E-state index contributed by atoms with van der Waals surface area (Å²) in [5, 5.41) is 10.5. The van der Waals surface area contributed by atoms with Crippen LogP contribution in [0, 0.1) is 0 Å². The highest BCUT2D eigenvalue weighted by Crippen LogP contribution is 2.35. The number of amides is 2. The van der Waals surface area contributed by atoms with Crippen molar-refractivity contribution >= 4 is 29.4 Å². The van der Waals surface area contributed by atoms with E-state index < -0.39 is 0 Å². The van der Waals surface area contributed by atoms with Crippen molar-refractivity contribution < 1.29 is 14.0 Å². The molecule has 0 aliphatic carbocycles. The summed E-state index contributed by atoms with van der Waals surface area (Å²) in [5.41, 5.74) is 2.92. The Labute approximate surface area is 179 Å². The largest absolute Gasteiger partial charge is 0.467 e. The Hall–Kier alpha value is -3.00. The summed E-state index contributed by atoms with van der Waals surface area (Å²) in [6, 6.07) is 13.3. The van der Waals surface area contributed by atoms with Crippen LogP contribution in [-0.4, -0.2) is 21.6 Å². The number of nitrogens with zero attached hydrogens (tertiary/aromatic N) is 2. The second-order valence-corrected chi connectivity index (χ2v) is 8.13. The molecule has 3 aromatic rings. The molecule has 2 amide bonds. The Kier molecular flexibility index (Phi) is 6.23. The van der Waals surface area contributed by atoms with Crippen LogP contribution in [0.15, 0.2) is 53.1 Å². The monoisotopic (exact) mass is 424 g/mol. The number of furan rings is 1. The molecule has 2 aromatic heterocycles. The Morgan fingerprint density at radius 1 is 1.20 bits per heavy atom. The lowest BCUT2D eigenvalue weighted by Gasteiger charge is -2.17.